The number of rotatable bonds is 6. The van der Waals surface area contributed by atoms with Crippen molar-refractivity contribution in [2.45, 2.75) is 46.8 Å². The number of hydrogen-bond acceptors (Lipinski definition) is 8. The summed E-state index contributed by atoms with van der Waals surface area (Å²) in [5.74, 6) is -0.999. The summed E-state index contributed by atoms with van der Waals surface area (Å²) >= 11 is 0. The lowest BCUT2D eigenvalue weighted by Crippen LogP contribution is -2.42. The molecule has 8 nitrogen and oxygen atoms in total. The maximum Gasteiger partial charge on any atom is 0.343 e. The molecule has 0 radical (unpaired) electrons. The number of phenolic OH excluding ortho intramolecular Hbond substituents is 1. The zero-order chi connectivity index (χ0) is 24.7. The van der Waals surface area contributed by atoms with E-state index in [0.29, 0.717) is 11.1 Å². The molecule has 0 bridgehead atoms. The van der Waals surface area contributed by atoms with Gasteiger partial charge in [0, 0.05) is 12.6 Å². The fraction of sp³-hybridized carbons (Fsp3) is 0.435. The van der Waals surface area contributed by atoms with Crippen LogP contribution in [0.4, 0.5) is 0 Å². The molecule has 178 valence electrons. The number of benzene rings is 2. The molecular weight excluding hydrogens is 434 g/mol. The number of esters is 1. The molecule has 0 saturated heterocycles. The Morgan fingerprint density at radius 1 is 1.16 bits per heavy atom. The number of aliphatic hydroxyl groups excluding tert-OH is 1. The second-order valence-corrected chi connectivity index (χ2v) is 10.0. The van der Waals surface area contributed by atoms with Crippen molar-refractivity contribution in [2.75, 3.05) is 12.9 Å². The minimum absolute atomic E-state index is 0.0531. The van der Waals surface area contributed by atoms with E-state index in [4.69, 9.17) is 19.8 Å². The molecule has 0 amide bonds. The van der Waals surface area contributed by atoms with Crippen molar-refractivity contribution < 1.29 is 32.3 Å². The van der Waals surface area contributed by atoms with Gasteiger partial charge in [-0.25, -0.2) is 4.79 Å². The van der Waals surface area contributed by atoms with E-state index in [-0.39, 0.29) is 18.1 Å². The third-order valence-electron chi connectivity index (χ3n) is 4.37. The lowest BCUT2D eigenvalue weighted by atomic mass is 9.82. The molecule has 0 aliphatic rings. The first-order valence-electron chi connectivity index (χ1n) is 10.1. The fourth-order valence-corrected chi connectivity index (χ4v) is 3.30. The minimum Gasteiger partial charge on any atom is -0.504 e. The SMILES string of the molecule is CCO.Cc1cccc(C(=O)Oc2ccc(C(OS(C)(=O)=O)C(N)C(C)(C)C)cc2O)c1. The van der Waals surface area contributed by atoms with Gasteiger partial charge in [-0.2, -0.15) is 8.42 Å². The van der Waals surface area contributed by atoms with E-state index in [1.54, 1.807) is 25.1 Å². The number of hydrogen-bond donors (Lipinski definition) is 3. The van der Waals surface area contributed by atoms with Crippen molar-refractivity contribution in [2.24, 2.45) is 11.1 Å². The van der Waals surface area contributed by atoms with Crippen LogP contribution in [0.15, 0.2) is 42.5 Å². The summed E-state index contributed by atoms with van der Waals surface area (Å²) in [7, 11) is -3.81. The average Bonchev–Trinajstić information content (AvgIpc) is 2.66. The summed E-state index contributed by atoms with van der Waals surface area (Å²) in [5.41, 5.74) is 7.37. The molecule has 0 heterocycles. The number of phenols is 1. The van der Waals surface area contributed by atoms with E-state index >= 15 is 0 Å². The minimum atomic E-state index is -3.81. The van der Waals surface area contributed by atoms with Crippen molar-refractivity contribution in [3.05, 3.63) is 59.2 Å². The first kappa shape index (κ1) is 27.6. The van der Waals surface area contributed by atoms with E-state index in [0.717, 1.165) is 11.8 Å². The van der Waals surface area contributed by atoms with Gasteiger partial charge in [0.1, 0.15) is 6.10 Å². The van der Waals surface area contributed by atoms with Crippen LogP contribution in [0, 0.1) is 12.3 Å². The summed E-state index contributed by atoms with van der Waals surface area (Å²) in [6.07, 6.45) is -0.0785. The van der Waals surface area contributed by atoms with Crippen LogP contribution in [0.1, 0.15) is 55.3 Å². The Hall–Kier alpha value is -2.46. The Morgan fingerprint density at radius 2 is 1.75 bits per heavy atom. The van der Waals surface area contributed by atoms with Crippen molar-refractivity contribution in [1.29, 1.82) is 0 Å². The van der Waals surface area contributed by atoms with Gasteiger partial charge >= 0.3 is 5.97 Å². The van der Waals surface area contributed by atoms with Gasteiger partial charge in [-0.3, -0.25) is 4.18 Å². The van der Waals surface area contributed by atoms with Crippen LogP contribution in [-0.4, -0.2) is 43.5 Å². The summed E-state index contributed by atoms with van der Waals surface area (Å²) in [4.78, 5) is 12.3. The van der Waals surface area contributed by atoms with Gasteiger partial charge in [0.05, 0.1) is 11.8 Å². The summed E-state index contributed by atoms with van der Waals surface area (Å²) in [5, 5.41) is 17.9. The van der Waals surface area contributed by atoms with Gasteiger partial charge in [0.2, 0.25) is 0 Å². The molecule has 2 aromatic carbocycles. The molecule has 4 N–H and O–H groups in total. The molecule has 0 spiro atoms. The average molecular weight is 468 g/mol. The standard InChI is InChI=1S/C21H27NO6S.C2H6O/c1-13-7-6-8-15(11-13)20(24)27-17-10-9-14(12-16(17)23)18(28-29(5,25)26)19(22)21(2,3)4;1-2-3/h6-12,18-19,23H,22H2,1-5H3;3H,2H2,1H3. The summed E-state index contributed by atoms with van der Waals surface area (Å²) < 4.78 is 33.9. The van der Waals surface area contributed by atoms with Crippen LogP contribution in [0.2, 0.25) is 0 Å². The molecule has 2 aromatic rings. The van der Waals surface area contributed by atoms with Crippen LogP contribution >= 0.6 is 0 Å². The third kappa shape index (κ3) is 8.58. The van der Waals surface area contributed by atoms with Gasteiger partial charge in [-0.1, -0.05) is 44.5 Å². The summed E-state index contributed by atoms with van der Waals surface area (Å²) in [6, 6.07) is 10.4. The highest BCUT2D eigenvalue weighted by Crippen LogP contribution is 2.36. The van der Waals surface area contributed by atoms with Gasteiger partial charge < -0.3 is 20.7 Å². The normalized spacial score (nSPS) is 13.5. The van der Waals surface area contributed by atoms with Crippen LogP contribution in [0.5, 0.6) is 11.5 Å². The molecule has 0 aliphatic heterocycles. The van der Waals surface area contributed by atoms with Gasteiger partial charge in [0.25, 0.3) is 10.1 Å². The van der Waals surface area contributed by atoms with E-state index in [1.165, 1.54) is 18.2 Å². The third-order valence-corrected chi connectivity index (χ3v) is 4.93. The van der Waals surface area contributed by atoms with E-state index in [1.807, 2.05) is 33.8 Å². The van der Waals surface area contributed by atoms with Crippen LogP contribution in [0.25, 0.3) is 0 Å². The van der Waals surface area contributed by atoms with Crippen molar-refractivity contribution >= 4 is 16.1 Å². The molecule has 2 unspecified atom stereocenters. The smallest absolute Gasteiger partial charge is 0.343 e. The Balaban J connectivity index is 0.00000161. The number of nitrogens with two attached hydrogens (primary N) is 1. The molecule has 32 heavy (non-hydrogen) atoms. The van der Waals surface area contributed by atoms with Crippen LogP contribution in [0.3, 0.4) is 0 Å². The van der Waals surface area contributed by atoms with Gasteiger partial charge in [0.15, 0.2) is 11.5 Å². The van der Waals surface area contributed by atoms with E-state index in [2.05, 4.69) is 0 Å². The highest BCUT2D eigenvalue weighted by Gasteiger charge is 2.34. The first-order valence-corrected chi connectivity index (χ1v) is 11.9. The number of carbonyl (C=O) groups is 1. The Labute approximate surface area is 190 Å². The summed E-state index contributed by atoms with van der Waals surface area (Å²) in [6.45, 7) is 9.35. The molecule has 2 rings (SSSR count). The van der Waals surface area contributed by atoms with Gasteiger partial charge in [-0.05, 0) is 49.1 Å². The number of aromatic hydroxyl groups is 1. The molecule has 2 atom stereocenters. The zero-order valence-electron chi connectivity index (χ0n) is 19.3. The molecular formula is C23H33NO7S. The second kappa shape index (κ2) is 11.4. The predicted molar refractivity (Wildman–Crippen MR) is 123 cm³/mol. The van der Waals surface area contributed by atoms with Gasteiger partial charge in [-0.15, -0.1) is 0 Å². The number of ether oxygens (including phenoxy) is 1. The highest BCUT2D eigenvalue weighted by atomic mass is 32.2. The number of aliphatic hydroxyl groups is 1. The fourth-order valence-electron chi connectivity index (χ4n) is 2.69. The predicted octanol–water partition coefficient (Wildman–Crippen LogP) is 3.31. The molecule has 9 heteroatoms. The maximum absolute atomic E-state index is 12.3. The van der Waals surface area contributed by atoms with Crippen LogP contribution in [-0.2, 0) is 14.3 Å². The molecule has 0 fully saturated rings. The van der Waals surface area contributed by atoms with E-state index < -0.39 is 33.6 Å². The second-order valence-electron chi connectivity index (χ2n) is 8.42. The molecule has 0 aromatic heterocycles. The van der Waals surface area contributed by atoms with Crippen molar-refractivity contribution in [3.63, 3.8) is 0 Å². The van der Waals surface area contributed by atoms with Crippen molar-refractivity contribution in [1.82, 2.24) is 0 Å². The Morgan fingerprint density at radius 3 is 2.22 bits per heavy atom. The van der Waals surface area contributed by atoms with E-state index in [9.17, 15) is 18.3 Å². The monoisotopic (exact) mass is 467 g/mol. The van der Waals surface area contributed by atoms with Crippen LogP contribution < -0.4 is 10.5 Å². The lowest BCUT2D eigenvalue weighted by Gasteiger charge is -2.33. The Kier molecular flexibility index (Phi) is 9.84. The molecule has 0 saturated carbocycles. The quantitative estimate of drug-likeness (QED) is 0.334. The molecule has 0 aliphatic carbocycles. The lowest BCUT2D eigenvalue weighted by molar-refractivity contribution is 0.0729. The maximum atomic E-state index is 12.3. The zero-order valence-corrected chi connectivity index (χ0v) is 20.1. The first-order chi connectivity index (χ1) is 14.7. The topological polar surface area (TPSA) is 136 Å². The Bertz CT molecular complexity index is 1010. The number of carbonyl (C=O) groups excluding carboxylic acids is 1. The highest BCUT2D eigenvalue weighted by molar-refractivity contribution is 7.86. The largest absolute Gasteiger partial charge is 0.504 e. The van der Waals surface area contributed by atoms with Crippen molar-refractivity contribution in [3.8, 4) is 11.5 Å². The number of aryl methyl sites for hydroxylation is 1.